The molecule has 0 aliphatic rings. The Balaban J connectivity index is 1.71. The van der Waals surface area contributed by atoms with Crippen molar-refractivity contribution in [2.45, 2.75) is 20.8 Å². The van der Waals surface area contributed by atoms with Crippen LogP contribution in [-0.4, -0.2) is 17.8 Å². The quantitative estimate of drug-likeness (QED) is 0.486. The lowest BCUT2D eigenvalue weighted by atomic mass is 10.1. The molecular formula is C20H21N3OS. The fourth-order valence-corrected chi connectivity index (χ4v) is 3.06. The third kappa shape index (κ3) is 4.25. The number of ether oxygens (including phenoxy) is 1. The molecule has 25 heavy (non-hydrogen) atoms. The number of hydrogen-bond acceptors (Lipinski definition) is 5. The molecule has 5 heteroatoms. The topological polar surface area (TPSA) is 46.5 Å². The molecule has 4 nitrogen and oxygen atoms in total. The monoisotopic (exact) mass is 351 g/mol. The number of thiazole rings is 1. The van der Waals surface area contributed by atoms with Crippen molar-refractivity contribution in [3.05, 3.63) is 64.5 Å². The molecule has 0 aliphatic carbocycles. The summed E-state index contributed by atoms with van der Waals surface area (Å²) in [5, 5.41) is 7.09. The van der Waals surface area contributed by atoms with Gasteiger partial charge in [0.15, 0.2) is 0 Å². The van der Waals surface area contributed by atoms with Crippen molar-refractivity contribution in [3.63, 3.8) is 0 Å². The number of benzene rings is 2. The Labute approximate surface area is 152 Å². The Kier molecular flexibility index (Phi) is 5.46. The maximum atomic E-state index is 5.59. The van der Waals surface area contributed by atoms with E-state index in [2.05, 4.69) is 47.6 Å². The Morgan fingerprint density at radius 3 is 2.80 bits per heavy atom. The van der Waals surface area contributed by atoms with Gasteiger partial charge in [-0.2, -0.15) is 5.10 Å². The highest BCUT2D eigenvalue weighted by Crippen LogP contribution is 2.26. The highest BCUT2D eigenvalue weighted by atomic mass is 32.1. The first kappa shape index (κ1) is 17.2. The molecule has 0 saturated carbocycles. The van der Waals surface area contributed by atoms with E-state index < -0.39 is 0 Å². The van der Waals surface area contributed by atoms with E-state index in [0.717, 1.165) is 27.7 Å². The van der Waals surface area contributed by atoms with E-state index in [4.69, 9.17) is 4.74 Å². The first-order chi connectivity index (χ1) is 12.2. The van der Waals surface area contributed by atoms with Gasteiger partial charge in [-0.1, -0.05) is 24.3 Å². The summed E-state index contributed by atoms with van der Waals surface area (Å²) in [5.41, 5.74) is 8.57. The molecule has 2 aromatic carbocycles. The van der Waals surface area contributed by atoms with Gasteiger partial charge in [0.05, 0.1) is 18.5 Å². The number of hydrogen-bond donors (Lipinski definition) is 1. The summed E-state index contributed by atoms with van der Waals surface area (Å²) in [6.07, 6.45) is 1.75. The molecule has 128 valence electrons. The van der Waals surface area contributed by atoms with Gasteiger partial charge in [0, 0.05) is 16.5 Å². The molecule has 0 bridgehead atoms. The van der Waals surface area contributed by atoms with Gasteiger partial charge >= 0.3 is 0 Å². The summed E-state index contributed by atoms with van der Waals surface area (Å²) in [7, 11) is 0. The van der Waals surface area contributed by atoms with Crippen molar-refractivity contribution >= 4 is 22.7 Å². The molecule has 1 N–H and O–H groups in total. The number of rotatable bonds is 6. The van der Waals surface area contributed by atoms with Crippen molar-refractivity contribution in [3.8, 4) is 17.0 Å². The minimum Gasteiger partial charge on any atom is -0.493 e. The van der Waals surface area contributed by atoms with Crippen LogP contribution >= 0.6 is 11.3 Å². The zero-order valence-electron chi connectivity index (χ0n) is 14.6. The lowest BCUT2D eigenvalue weighted by Crippen LogP contribution is -1.97. The van der Waals surface area contributed by atoms with Crippen LogP contribution in [0.4, 0.5) is 5.13 Å². The van der Waals surface area contributed by atoms with E-state index >= 15 is 0 Å². The number of aromatic nitrogens is 1. The van der Waals surface area contributed by atoms with Crippen LogP contribution in [0.3, 0.4) is 0 Å². The van der Waals surface area contributed by atoms with Gasteiger partial charge in [0.2, 0.25) is 5.13 Å². The molecule has 0 aliphatic heterocycles. The third-order valence-corrected chi connectivity index (χ3v) is 4.64. The summed E-state index contributed by atoms with van der Waals surface area (Å²) in [5.74, 6) is 0.825. The van der Waals surface area contributed by atoms with Crippen LogP contribution in [0.15, 0.2) is 52.9 Å². The van der Waals surface area contributed by atoms with E-state index in [1.54, 1.807) is 6.21 Å². The molecule has 0 amide bonds. The van der Waals surface area contributed by atoms with Gasteiger partial charge in [0.1, 0.15) is 5.75 Å². The zero-order valence-corrected chi connectivity index (χ0v) is 15.4. The van der Waals surface area contributed by atoms with E-state index in [-0.39, 0.29) is 0 Å². The first-order valence-corrected chi connectivity index (χ1v) is 9.09. The van der Waals surface area contributed by atoms with Crippen LogP contribution in [-0.2, 0) is 0 Å². The predicted octanol–water partition coefficient (Wildman–Crippen LogP) is 5.27. The molecule has 3 rings (SSSR count). The predicted molar refractivity (Wildman–Crippen MR) is 106 cm³/mol. The van der Waals surface area contributed by atoms with Crippen LogP contribution < -0.4 is 10.2 Å². The van der Waals surface area contributed by atoms with E-state index in [0.29, 0.717) is 6.61 Å². The molecule has 0 unspecified atom stereocenters. The summed E-state index contributed by atoms with van der Waals surface area (Å²) in [6.45, 7) is 6.83. The summed E-state index contributed by atoms with van der Waals surface area (Å²) in [6, 6.07) is 14.2. The van der Waals surface area contributed by atoms with Gasteiger partial charge in [-0.3, -0.25) is 5.43 Å². The normalized spacial score (nSPS) is 11.0. The molecule has 3 aromatic rings. The SMILES string of the molecule is CCOc1ccccc1/C=N\Nc1nc(-c2ccc(C)c(C)c2)cs1. The van der Waals surface area contributed by atoms with Crippen LogP contribution in [0.1, 0.15) is 23.6 Å². The largest absolute Gasteiger partial charge is 0.493 e. The van der Waals surface area contributed by atoms with E-state index in [9.17, 15) is 0 Å². The smallest absolute Gasteiger partial charge is 0.203 e. The van der Waals surface area contributed by atoms with E-state index in [1.165, 1.54) is 22.5 Å². The molecule has 0 saturated heterocycles. The molecule has 0 radical (unpaired) electrons. The fraction of sp³-hybridized carbons (Fsp3) is 0.200. The Hall–Kier alpha value is -2.66. The highest BCUT2D eigenvalue weighted by molar-refractivity contribution is 7.14. The molecule has 1 heterocycles. The van der Waals surface area contributed by atoms with Gasteiger partial charge in [-0.25, -0.2) is 4.98 Å². The van der Waals surface area contributed by atoms with Crippen molar-refractivity contribution < 1.29 is 4.74 Å². The lowest BCUT2D eigenvalue weighted by molar-refractivity contribution is 0.340. The van der Waals surface area contributed by atoms with E-state index in [1.807, 2.05) is 36.6 Å². The van der Waals surface area contributed by atoms with Crippen molar-refractivity contribution in [2.75, 3.05) is 12.0 Å². The maximum Gasteiger partial charge on any atom is 0.203 e. The number of para-hydroxylation sites is 1. The second-order valence-electron chi connectivity index (χ2n) is 5.68. The summed E-state index contributed by atoms with van der Waals surface area (Å²) < 4.78 is 5.59. The van der Waals surface area contributed by atoms with Crippen LogP contribution in [0.2, 0.25) is 0 Å². The standard InChI is InChI=1S/C20H21N3OS/c1-4-24-19-8-6-5-7-17(19)12-21-23-20-22-18(13-25-20)16-10-9-14(2)15(3)11-16/h5-13H,4H2,1-3H3,(H,22,23)/b21-12-. The number of anilines is 1. The lowest BCUT2D eigenvalue weighted by Gasteiger charge is -2.05. The first-order valence-electron chi connectivity index (χ1n) is 8.21. The molecular weight excluding hydrogens is 330 g/mol. The number of aryl methyl sites for hydroxylation is 2. The van der Waals surface area contributed by atoms with Gasteiger partial charge in [0.25, 0.3) is 0 Å². The summed E-state index contributed by atoms with van der Waals surface area (Å²) >= 11 is 1.54. The van der Waals surface area contributed by atoms with Crippen LogP contribution in [0, 0.1) is 13.8 Å². The Morgan fingerprint density at radius 1 is 1.16 bits per heavy atom. The second kappa shape index (κ2) is 7.94. The average molecular weight is 351 g/mol. The van der Waals surface area contributed by atoms with Crippen LogP contribution in [0.5, 0.6) is 5.75 Å². The number of nitrogens with one attached hydrogen (secondary N) is 1. The third-order valence-electron chi connectivity index (χ3n) is 3.89. The Bertz CT molecular complexity index is 886. The van der Waals surface area contributed by atoms with Crippen LogP contribution in [0.25, 0.3) is 11.3 Å². The number of nitrogens with zero attached hydrogens (tertiary/aromatic N) is 2. The summed E-state index contributed by atoms with van der Waals surface area (Å²) in [4.78, 5) is 4.60. The number of hydrazone groups is 1. The fourth-order valence-electron chi connectivity index (χ4n) is 2.39. The molecule has 0 atom stereocenters. The molecule has 0 spiro atoms. The molecule has 1 aromatic heterocycles. The minimum absolute atomic E-state index is 0.629. The second-order valence-corrected chi connectivity index (χ2v) is 6.54. The highest BCUT2D eigenvalue weighted by Gasteiger charge is 2.05. The molecule has 0 fully saturated rings. The maximum absolute atomic E-state index is 5.59. The van der Waals surface area contributed by atoms with Gasteiger partial charge in [-0.15, -0.1) is 11.3 Å². The Morgan fingerprint density at radius 2 is 2.00 bits per heavy atom. The zero-order chi connectivity index (χ0) is 17.6. The van der Waals surface area contributed by atoms with Crippen molar-refractivity contribution in [2.24, 2.45) is 5.10 Å². The van der Waals surface area contributed by atoms with Crippen molar-refractivity contribution in [1.82, 2.24) is 4.98 Å². The van der Waals surface area contributed by atoms with Crippen molar-refractivity contribution in [1.29, 1.82) is 0 Å². The van der Waals surface area contributed by atoms with Gasteiger partial charge in [-0.05, 0) is 50.1 Å². The van der Waals surface area contributed by atoms with Gasteiger partial charge < -0.3 is 4.74 Å². The minimum atomic E-state index is 0.629. The average Bonchev–Trinajstić information content (AvgIpc) is 3.08.